The standard InChI is InChI=1S/C67H51NO/c1-5-19-46(20-6-1)49-35-37-50(38-36-49)56-29-14-16-32-62(56)68(63-33-18-34-65-66(63)59-43-51(40-42-64(59)69-65)47-21-7-2-8-22-47)55-28-17-27-54(45-55)67(53-25-11-4-12-26-53)60-31-15-13-30-57(60)58-41-39-52(44-61(58)67)48-23-9-3-10-24-48/h2-4,7-18,21-46H,1,5-6,19-20H2. The number of hydrogen-bond acceptors (Lipinski definition) is 2. The van der Waals surface area contributed by atoms with Crippen LogP contribution in [-0.4, -0.2) is 0 Å². The maximum Gasteiger partial charge on any atom is 0.137 e. The van der Waals surface area contributed by atoms with Gasteiger partial charge in [0.15, 0.2) is 0 Å². The summed E-state index contributed by atoms with van der Waals surface area (Å²) in [4.78, 5) is 2.50. The van der Waals surface area contributed by atoms with Crippen molar-refractivity contribution in [1.82, 2.24) is 0 Å². The molecule has 10 aromatic carbocycles. The lowest BCUT2D eigenvalue weighted by Crippen LogP contribution is -2.29. The SMILES string of the molecule is c1ccc(-c2ccc3c(c2)C(c2ccccc2)(c2cccc(N(c4ccccc4-c4ccc(C5CCCCC5)cc4)c4cccc5oc6ccc(-c7ccccc7)cc6c45)c2)c2ccccc2-3)cc1. The molecule has 0 spiro atoms. The number of furan rings is 1. The van der Waals surface area contributed by atoms with Crippen LogP contribution in [0.4, 0.5) is 17.1 Å². The second-order valence-electron chi connectivity index (χ2n) is 19.0. The number of hydrogen-bond donors (Lipinski definition) is 0. The third-order valence-electron chi connectivity index (χ3n) is 15.2. The average molecular weight is 886 g/mol. The van der Waals surface area contributed by atoms with E-state index in [9.17, 15) is 0 Å². The predicted octanol–water partition coefficient (Wildman–Crippen LogP) is 18.5. The second kappa shape index (κ2) is 17.1. The summed E-state index contributed by atoms with van der Waals surface area (Å²) >= 11 is 0. The largest absolute Gasteiger partial charge is 0.456 e. The maximum atomic E-state index is 6.77. The Balaban J connectivity index is 1.07. The van der Waals surface area contributed by atoms with Crippen molar-refractivity contribution in [2.45, 2.75) is 43.4 Å². The van der Waals surface area contributed by atoms with Crippen molar-refractivity contribution in [2.75, 3.05) is 4.90 Å². The Morgan fingerprint density at radius 2 is 0.971 bits per heavy atom. The molecule has 0 N–H and O–H groups in total. The molecule has 1 fully saturated rings. The zero-order valence-electron chi connectivity index (χ0n) is 38.6. The summed E-state index contributed by atoms with van der Waals surface area (Å²) in [5, 5.41) is 2.17. The first-order valence-electron chi connectivity index (χ1n) is 24.7. The molecule has 1 heterocycles. The summed E-state index contributed by atoms with van der Waals surface area (Å²) in [6.45, 7) is 0. The van der Waals surface area contributed by atoms with Crippen molar-refractivity contribution in [3.8, 4) is 44.5 Å². The lowest BCUT2D eigenvalue weighted by atomic mass is 9.67. The molecular weight excluding hydrogens is 835 g/mol. The van der Waals surface area contributed by atoms with Gasteiger partial charge < -0.3 is 9.32 Å². The number of fused-ring (bicyclic) bond motifs is 6. The van der Waals surface area contributed by atoms with Crippen molar-refractivity contribution in [3.63, 3.8) is 0 Å². The van der Waals surface area contributed by atoms with Gasteiger partial charge in [0, 0.05) is 16.6 Å². The summed E-state index contributed by atoms with van der Waals surface area (Å²) in [6.07, 6.45) is 6.55. The molecule has 2 nitrogen and oxygen atoms in total. The first-order valence-corrected chi connectivity index (χ1v) is 24.7. The van der Waals surface area contributed by atoms with Crippen LogP contribution in [0.15, 0.2) is 247 Å². The van der Waals surface area contributed by atoms with Crippen molar-refractivity contribution in [2.24, 2.45) is 0 Å². The highest BCUT2D eigenvalue weighted by Crippen LogP contribution is 2.58. The number of anilines is 3. The molecule has 2 heteroatoms. The first-order chi connectivity index (χ1) is 34.2. The van der Waals surface area contributed by atoms with Crippen LogP contribution in [0, 0.1) is 0 Å². The number of nitrogens with zero attached hydrogens (tertiary/aromatic N) is 1. The summed E-state index contributed by atoms with van der Waals surface area (Å²) in [5.74, 6) is 0.640. The van der Waals surface area contributed by atoms with Gasteiger partial charge in [-0.2, -0.15) is 0 Å². The third-order valence-corrected chi connectivity index (χ3v) is 15.2. The van der Waals surface area contributed by atoms with Crippen LogP contribution in [0.25, 0.3) is 66.4 Å². The molecule has 0 bridgehead atoms. The van der Waals surface area contributed by atoms with Gasteiger partial charge in [-0.25, -0.2) is 0 Å². The Labute approximate surface area is 404 Å². The van der Waals surface area contributed by atoms with Gasteiger partial charge in [-0.1, -0.05) is 213 Å². The fourth-order valence-electron chi connectivity index (χ4n) is 11.9. The van der Waals surface area contributed by atoms with Gasteiger partial charge in [-0.15, -0.1) is 0 Å². The Morgan fingerprint density at radius 1 is 0.377 bits per heavy atom. The predicted molar refractivity (Wildman–Crippen MR) is 288 cm³/mol. The minimum atomic E-state index is -0.618. The first kappa shape index (κ1) is 41.0. The lowest BCUT2D eigenvalue weighted by Gasteiger charge is -2.35. The Kier molecular flexibility index (Phi) is 10.2. The van der Waals surface area contributed by atoms with E-state index >= 15 is 0 Å². The van der Waals surface area contributed by atoms with Gasteiger partial charge >= 0.3 is 0 Å². The quantitative estimate of drug-likeness (QED) is 0.144. The third kappa shape index (κ3) is 6.93. The van der Waals surface area contributed by atoms with Gasteiger partial charge in [0.2, 0.25) is 0 Å². The molecule has 1 aromatic heterocycles. The molecule has 13 rings (SSSR count). The van der Waals surface area contributed by atoms with Crippen molar-refractivity contribution in [1.29, 1.82) is 0 Å². The molecule has 11 aromatic rings. The van der Waals surface area contributed by atoms with Crippen LogP contribution >= 0.6 is 0 Å². The van der Waals surface area contributed by atoms with Gasteiger partial charge in [0.25, 0.3) is 0 Å². The fourth-order valence-corrected chi connectivity index (χ4v) is 11.9. The fraction of sp³-hybridized carbons (Fsp3) is 0.104. The van der Waals surface area contributed by atoms with E-state index in [2.05, 4.69) is 248 Å². The van der Waals surface area contributed by atoms with Gasteiger partial charge in [0.1, 0.15) is 11.2 Å². The molecule has 330 valence electrons. The van der Waals surface area contributed by atoms with Crippen molar-refractivity contribution >= 4 is 39.0 Å². The van der Waals surface area contributed by atoms with Crippen LogP contribution in [-0.2, 0) is 5.41 Å². The van der Waals surface area contributed by atoms with E-state index in [1.54, 1.807) is 0 Å². The maximum absolute atomic E-state index is 6.77. The monoisotopic (exact) mass is 885 g/mol. The van der Waals surface area contributed by atoms with E-state index in [0.717, 1.165) is 44.6 Å². The highest BCUT2D eigenvalue weighted by molar-refractivity contribution is 6.14. The lowest BCUT2D eigenvalue weighted by molar-refractivity contribution is 0.443. The van der Waals surface area contributed by atoms with E-state index in [-0.39, 0.29) is 0 Å². The van der Waals surface area contributed by atoms with Gasteiger partial charge in [0.05, 0.1) is 22.2 Å². The second-order valence-corrected chi connectivity index (χ2v) is 19.0. The van der Waals surface area contributed by atoms with Crippen molar-refractivity contribution in [3.05, 3.63) is 270 Å². The molecule has 2 aliphatic carbocycles. The van der Waals surface area contributed by atoms with E-state index < -0.39 is 5.41 Å². The number of para-hydroxylation sites is 1. The molecule has 69 heavy (non-hydrogen) atoms. The number of benzene rings is 10. The molecule has 0 saturated heterocycles. The molecule has 1 atom stereocenters. The summed E-state index contributed by atoms with van der Waals surface area (Å²) in [6, 6.07) is 89.8. The van der Waals surface area contributed by atoms with Gasteiger partial charge in [-0.3, -0.25) is 0 Å². The minimum absolute atomic E-state index is 0.618. The van der Waals surface area contributed by atoms with Crippen molar-refractivity contribution < 1.29 is 4.42 Å². The van der Waals surface area contributed by atoms with E-state index in [1.165, 1.54) is 98.9 Å². The molecular formula is C67H51NO. The van der Waals surface area contributed by atoms with Crippen LogP contribution in [0.5, 0.6) is 0 Å². The number of rotatable bonds is 9. The highest BCUT2D eigenvalue weighted by atomic mass is 16.3. The molecule has 0 aliphatic heterocycles. The average Bonchev–Trinajstić information content (AvgIpc) is 3.96. The van der Waals surface area contributed by atoms with E-state index in [1.807, 2.05) is 0 Å². The zero-order chi connectivity index (χ0) is 45.7. The van der Waals surface area contributed by atoms with Crippen LogP contribution in [0.3, 0.4) is 0 Å². The van der Waals surface area contributed by atoms with E-state index in [4.69, 9.17) is 4.42 Å². The molecule has 1 saturated carbocycles. The summed E-state index contributed by atoms with van der Waals surface area (Å²) in [5.41, 5.74) is 20.5. The summed E-state index contributed by atoms with van der Waals surface area (Å²) in [7, 11) is 0. The molecule has 0 radical (unpaired) electrons. The Bertz CT molecular complexity index is 3640. The summed E-state index contributed by atoms with van der Waals surface area (Å²) < 4.78 is 6.77. The molecule has 0 amide bonds. The highest BCUT2D eigenvalue weighted by Gasteiger charge is 2.46. The van der Waals surface area contributed by atoms with Crippen LogP contribution in [0.1, 0.15) is 65.8 Å². The normalized spacial score (nSPS) is 15.5. The van der Waals surface area contributed by atoms with Gasteiger partial charge in [-0.05, 0) is 134 Å². The Hall–Kier alpha value is -8.20. The van der Waals surface area contributed by atoms with Crippen LogP contribution in [0.2, 0.25) is 0 Å². The van der Waals surface area contributed by atoms with Crippen LogP contribution < -0.4 is 4.90 Å². The molecule has 1 unspecified atom stereocenters. The Morgan fingerprint density at radius 3 is 1.74 bits per heavy atom. The zero-order valence-corrected chi connectivity index (χ0v) is 38.6. The van der Waals surface area contributed by atoms with E-state index in [0.29, 0.717) is 5.92 Å². The smallest absolute Gasteiger partial charge is 0.137 e. The molecule has 2 aliphatic rings. The minimum Gasteiger partial charge on any atom is -0.456 e. The topological polar surface area (TPSA) is 16.4 Å².